The first-order chi connectivity index (χ1) is 12.6. The molecular formula is C21H23F2N3. The molecule has 26 heavy (non-hydrogen) atoms. The third-order valence-corrected chi connectivity index (χ3v) is 5.50. The van der Waals surface area contributed by atoms with Gasteiger partial charge in [0.15, 0.2) is 5.82 Å². The first-order valence-electron chi connectivity index (χ1n) is 9.32. The molecule has 0 aliphatic heterocycles. The van der Waals surface area contributed by atoms with E-state index in [1.54, 1.807) is 0 Å². The van der Waals surface area contributed by atoms with Gasteiger partial charge in [-0.15, -0.1) is 0 Å². The summed E-state index contributed by atoms with van der Waals surface area (Å²) in [4.78, 5) is 8.78. The number of hydrogen-bond acceptors (Lipinski definition) is 3. The highest BCUT2D eigenvalue weighted by Gasteiger charge is 2.33. The maximum atomic E-state index is 13.8. The normalized spacial score (nSPS) is 16.2. The van der Waals surface area contributed by atoms with Gasteiger partial charge < -0.3 is 0 Å². The van der Waals surface area contributed by atoms with Gasteiger partial charge in [0.2, 0.25) is 0 Å². The van der Waals surface area contributed by atoms with Crippen molar-refractivity contribution in [1.29, 1.82) is 5.26 Å². The van der Waals surface area contributed by atoms with E-state index in [4.69, 9.17) is 5.26 Å². The molecule has 5 heteroatoms. The topological polar surface area (TPSA) is 49.6 Å². The second-order valence-corrected chi connectivity index (χ2v) is 7.17. The average Bonchev–Trinajstić information content (AvgIpc) is 2.67. The van der Waals surface area contributed by atoms with Crippen molar-refractivity contribution < 1.29 is 8.78 Å². The molecule has 3 rings (SSSR count). The van der Waals surface area contributed by atoms with E-state index in [1.165, 1.54) is 31.8 Å². The predicted molar refractivity (Wildman–Crippen MR) is 96.4 cm³/mol. The summed E-state index contributed by atoms with van der Waals surface area (Å²) in [6.07, 6.45) is 13.1. The fraction of sp³-hybridized carbons (Fsp3) is 0.476. The van der Waals surface area contributed by atoms with E-state index in [-0.39, 0.29) is 16.8 Å². The number of halogens is 2. The molecule has 0 radical (unpaired) electrons. The van der Waals surface area contributed by atoms with Crippen LogP contribution in [0.3, 0.4) is 0 Å². The van der Waals surface area contributed by atoms with Gasteiger partial charge in [0.05, 0.1) is 0 Å². The lowest BCUT2D eigenvalue weighted by Gasteiger charge is -2.37. The SMILES string of the molecule is CCCCC1(c2cnc(-c3cc(F)c(C#N)c(F)c3)nc2)CCCCC1. The van der Waals surface area contributed by atoms with E-state index in [0.717, 1.165) is 43.4 Å². The van der Waals surface area contributed by atoms with Crippen LogP contribution >= 0.6 is 0 Å². The first-order valence-corrected chi connectivity index (χ1v) is 9.32. The number of hydrogen-bond donors (Lipinski definition) is 0. The molecule has 1 aliphatic carbocycles. The molecule has 0 N–H and O–H groups in total. The molecule has 0 atom stereocenters. The number of benzene rings is 1. The highest BCUT2D eigenvalue weighted by atomic mass is 19.1. The Morgan fingerprint density at radius 1 is 1.08 bits per heavy atom. The van der Waals surface area contributed by atoms with E-state index >= 15 is 0 Å². The third kappa shape index (κ3) is 3.60. The van der Waals surface area contributed by atoms with Crippen LogP contribution in [0, 0.1) is 23.0 Å². The monoisotopic (exact) mass is 355 g/mol. The Hall–Kier alpha value is -2.35. The maximum Gasteiger partial charge on any atom is 0.159 e. The predicted octanol–water partition coefficient (Wildman–Crippen LogP) is 5.69. The number of nitriles is 1. The van der Waals surface area contributed by atoms with Crippen molar-refractivity contribution in [2.75, 3.05) is 0 Å². The van der Waals surface area contributed by atoms with Gasteiger partial charge in [-0.25, -0.2) is 18.7 Å². The molecule has 1 aliphatic rings. The van der Waals surface area contributed by atoms with Crippen LogP contribution in [-0.2, 0) is 5.41 Å². The molecule has 1 heterocycles. The largest absolute Gasteiger partial charge is 0.236 e. The molecule has 0 spiro atoms. The molecule has 136 valence electrons. The smallest absolute Gasteiger partial charge is 0.159 e. The van der Waals surface area contributed by atoms with Crippen molar-refractivity contribution in [1.82, 2.24) is 9.97 Å². The Balaban J connectivity index is 1.91. The van der Waals surface area contributed by atoms with Gasteiger partial charge in [0.25, 0.3) is 0 Å². The van der Waals surface area contributed by atoms with Crippen molar-refractivity contribution in [2.45, 2.75) is 63.7 Å². The lowest BCUT2D eigenvalue weighted by molar-refractivity contribution is 0.266. The maximum absolute atomic E-state index is 13.8. The minimum atomic E-state index is -0.887. The Bertz CT molecular complexity index is 780. The van der Waals surface area contributed by atoms with Crippen LogP contribution in [-0.4, -0.2) is 9.97 Å². The molecule has 1 saturated carbocycles. The van der Waals surface area contributed by atoms with Crippen LogP contribution in [0.5, 0.6) is 0 Å². The van der Waals surface area contributed by atoms with E-state index in [0.29, 0.717) is 0 Å². The van der Waals surface area contributed by atoms with Crippen LogP contribution in [0.15, 0.2) is 24.5 Å². The minimum Gasteiger partial charge on any atom is -0.236 e. The molecule has 1 fully saturated rings. The lowest BCUT2D eigenvalue weighted by Crippen LogP contribution is -2.29. The molecule has 3 nitrogen and oxygen atoms in total. The second kappa shape index (κ2) is 7.90. The second-order valence-electron chi connectivity index (χ2n) is 7.17. The zero-order valence-corrected chi connectivity index (χ0v) is 15.1. The highest BCUT2D eigenvalue weighted by Crippen LogP contribution is 2.43. The van der Waals surface area contributed by atoms with Crippen molar-refractivity contribution >= 4 is 0 Å². The van der Waals surface area contributed by atoms with Gasteiger partial charge in [0, 0.05) is 18.0 Å². The summed E-state index contributed by atoms with van der Waals surface area (Å²) in [6, 6.07) is 3.76. The van der Waals surface area contributed by atoms with Gasteiger partial charge in [-0.1, -0.05) is 39.0 Å². The Labute approximate surface area is 153 Å². The van der Waals surface area contributed by atoms with E-state index in [1.807, 2.05) is 12.4 Å². The van der Waals surface area contributed by atoms with Gasteiger partial charge in [-0.3, -0.25) is 0 Å². The van der Waals surface area contributed by atoms with E-state index < -0.39 is 17.2 Å². The van der Waals surface area contributed by atoms with Crippen molar-refractivity contribution in [3.05, 3.63) is 47.3 Å². The molecule has 0 unspecified atom stereocenters. The average molecular weight is 355 g/mol. The zero-order valence-electron chi connectivity index (χ0n) is 15.1. The molecule has 0 bridgehead atoms. The van der Waals surface area contributed by atoms with Crippen LogP contribution < -0.4 is 0 Å². The summed E-state index contributed by atoms with van der Waals surface area (Å²) in [6.45, 7) is 2.20. The number of nitrogens with zero attached hydrogens (tertiary/aromatic N) is 3. The van der Waals surface area contributed by atoms with Crippen molar-refractivity contribution in [3.63, 3.8) is 0 Å². The summed E-state index contributed by atoms with van der Waals surface area (Å²) in [5.41, 5.74) is 0.931. The zero-order chi connectivity index (χ0) is 18.6. The molecule has 0 saturated heterocycles. The molecular weight excluding hydrogens is 332 g/mol. The molecule has 1 aromatic carbocycles. The number of rotatable bonds is 5. The molecule has 0 amide bonds. The van der Waals surface area contributed by atoms with Crippen LogP contribution in [0.2, 0.25) is 0 Å². The van der Waals surface area contributed by atoms with Crippen molar-refractivity contribution in [3.8, 4) is 17.5 Å². The Morgan fingerprint density at radius 3 is 2.23 bits per heavy atom. The van der Waals surface area contributed by atoms with E-state index in [9.17, 15) is 8.78 Å². The standard InChI is InChI=1S/C21H23F2N3/c1-2-3-7-21(8-5-4-6-9-21)16-13-25-20(26-14-16)15-10-18(22)17(12-24)19(23)11-15/h10-11,13-14H,2-9H2,1H3. The summed E-state index contributed by atoms with van der Waals surface area (Å²) in [5, 5.41) is 8.78. The fourth-order valence-electron chi connectivity index (χ4n) is 3.99. The van der Waals surface area contributed by atoms with Gasteiger partial charge in [0.1, 0.15) is 23.3 Å². The number of unbranched alkanes of at least 4 members (excludes halogenated alkanes) is 1. The van der Waals surface area contributed by atoms with Crippen LogP contribution in [0.25, 0.3) is 11.4 Å². The van der Waals surface area contributed by atoms with E-state index in [2.05, 4.69) is 16.9 Å². The van der Waals surface area contributed by atoms with Crippen LogP contribution in [0.1, 0.15) is 69.4 Å². The first kappa shape index (κ1) is 18.4. The summed E-state index contributed by atoms with van der Waals surface area (Å²) in [7, 11) is 0. The van der Waals surface area contributed by atoms with Gasteiger partial charge in [-0.2, -0.15) is 5.26 Å². The van der Waals surface area contributed by atoms with Crippen molar-refractivity contribution in [2.24, 2.45) is 0 Å². The highest BCUT2D eigenvalue weighted by molar-refractivity contribution is 5.57. The summed E-state index contributed by atoms with van der Waals surface area (Å²) < 4.78 is 27.7. The molecule has 2 aromatic rings. The summed E-state index contributed by atoms with van der Waals surface area (Å²) >= 11 is 0. The number of aromatic nitrogens is 2. The lowest BCUT2D eigenvalue weighted by atomic mass is 9.67. The quantitative estimate of drug-likeness (QED) is 0.693. The fourth-order valence-corrected chi connectivity index (χ4v) is 3.99. The van der Waals surface area contributed by atoms with Gasteiger partial charge >= 0.3 is 0 Å². The Morgan fingerprint density at radius 2 is 1.69 bits per heavy atom. The minimum absolute atomic E-state index is 0.133. The van der Waals surface area contributed by atoms with Crippen LogP contribution in [0.4, 0.5) is 8.78 Å². The third-order valence-electron chi connectivity index (χ3n) is 5.50. The Kier molecular flexibility index (Phi) is 5.61. The summed E-state index contributed by atoms with van der Waals surface area (Å²) in [5.74, 6) is -1.50. The molecule has 1 aromatic heterocycles. The van der Waals surface area contributed by atoms with Gasteiger partial charge in [-0.05, 0) is 42.4 Å².